The smallest absolute Gasteiger partial charge is 0.308 e. The zero-order valence-corrected chi connectivity index (χ0v) is 14.2. The number of nitrogens with zero attached hydrogens (tertiary/aromatic N) is 1. The molecule has 1 aliphatic heterocycles. The highest BCUT2D eigenvalue weighted by atomic mass is 16.2. The highest BCUT2D eigenvalue weighted by molar-refractivity contribution is 5.99. The molecule has 2 aromatic rings. The Kier molecular flexibility index (Phi) is 5.49. The lowest BCUT2D eigenvalue weighted by atomic mass is 10.1. The van der Waals surface area contributed by atoms with Crippen molar-refractivity contribution < 1.29 is 4.79 Å². The molecule has 1 saturated heterocycles. The first-order chi connectivity index (χ1) is 11.7. The van der Waals surface area contributed by atoms with Crippen molar-refractivity contribution in [1.29, 1.82) is 0 Å². The largest absolute Gasteiger partial charge is 0.323 e. The summed E-state index contributed by atoms with van der Waals surface area (Å²) in [6.07, 6.45) is 3.61. The summed E-state index contributed by atoms with van der Waals surface area (Å²) in [5.41, 5.74) is 4.16. The average Bonchev–Trinajstić information content (AvgIpc) is 3.10. The zero-order valence-electron chi connectivity index (χ0n) is 14.2. The number of aryl methyl sites for hydroxylation is 1. The molecule has 1 fully saturated rings. The minimum absolute atomic E-state index is 0.216. The number of hydrogen-bond donors (Lipinski definition) is 2. The summed E-state index contributed by atoms with van der Waals surface area (Å²) < 4.78 is 0. The first-order valence-corrected chi connectivity index (χ1v) is 8.71. The molecule has 3 rings (SSSR count). The Bertz CT molecular complexity index is 658. The monoisotopic (exact) mass is 323 g/mol. The number of rotatable bonds is 5. The zero-order chi connectivity index (χ0) is 16.8. The summed E-state index contributed by atoms with van der Waals surface area (Å²) in [4.78, 5) is 14.5. The van der Waals surface area contributed by atoms with Crippen molar-refractivity contribution in [1.82, 2.24) is 4.90 Å². The standard InChI is InChI=1S/C20H25N3O/c1-2-16-5-9-18(10-6-16)21-20(24)22-19-11-7-17(8-12-19)15-23-13-3-4-14-23/h5-12H,2-4,13-15H2,1H3,(H2,21,22,24). The molecule has 0 aliphatic carbocycles. The maximum atomic E-state index is 12.1. The lowest BCUT2D eigenvalue weighted by molar-refractivity contribution is 0.262. The second-order valence-electron chi connectivity index (χ2n) is 6.31. The van der Waals surface area contributed by atoms with E-state index >= 15 is 0 Å². The van der Waals surface area contributed by atoms with E-state index in [1.54, 1.807) is 0 Å². The van der Waals surface area contributed by atoms with E-state index in [-0.39, 0.29) is 6.03 Å². The summed E-state index contributed by atoms with van der Waals surface area (Å²) in [5.74, 6) is 0. The fourth-order valence-electron chi connectivity index (χ4n) is 3.01. The Morgan fingerprint density at radius 2 is 1.38 bits per heavy atom. The van der Waals surface area contributed by atoms with Crippen LogP contribution in [0.15, 0.2) is 48.5 Å². The van der Waals surface area contributed by atoms with Gasteiger partial charge in [-0.3, -0.25) is 4.90 Å². The molecule has 2 N–H and O–H groups in total. The van der Waals surface area contributed by atoms with Crippen molar-refractivity contribution in [3.05, 3.63) is 59.7 Å². The van der Waals surface area contributed by atoms with Crippen LogP contribution in [-0.2, 0) is 13.0 Å². The minimum atomic E-state index is -0.216. The van der Waals surface area contributed by atoms with Gasteiger partial charge < -0.3 is 10.6 Å². The molecule has 0 aromatic heterocycles. The molecule has 0 spiro atoms. The topological polar surface area (TPSA) is 44.4 Å². The van der Waals surface area contributed by atoms with Gasteiger partial charge in [-0.1, -0.05) is 31.2 Å². The molecule has 0 atom stereocenters. The van der Waals surface area contributed by atoms with Crippen molar-refractivity contribution >= 4 is 17.4 Å². The van der Waals surface area contributed by atoms with Gasteiger partial charge >= 0.3 is 6.03 Å². The van der Waals surface area contributed by atoms with Gasteiger partial charge in [-0.25, -0.2) is 4.79 Å². The van der Waals surface area contributed by atoms with Crippen LogP contribution in [0.25, 0.3) is 0 Å². The number of anilines is 2. The minimum Gasteiger partial charge on any atom is -0.308 e. The molecule has 1 heterocycles. The van der Waals surface area contributed by atoms with Crippen LogP contribution in [0.5, 0.6) is 0 Å². The van der Waals surface area contributed by atoms with Gasteiger partial charge in [-0.05, 0) is 67.7 Å². The summed E-state index contributed by atoms with van der Waals surface area (Å²) in [5, 5.41) is 5.73. The second-order valence-corrected chi connectivity index (χ2v) is 6.31. The SMILES string of the molecule is CCc1ccc(NC(=O)Nc2ccc(CN3CCCC3)cc2)cc1. The van der Waals surface area contributed by atoms with Crippen LogP contribution in [0.4, 0.5) is 16.2 Å². The normalized spacial score (nSPS) is 14.5. The van der Waals surface area contributed by atoms with Gasteiger partial charge in [0.25, 0.3) is 0 Å². The molecule has 4 nitrogen and oxygen atoms in total. The van der Waals surface area contributed by atoms with E-state index in [1.165, 1.54) is 37.1 Å². The van der Waals surface area contributed by atoms with Gasteiger partial charge in [0.15, 0.2) is 0 Å². The molecule has 4 heteroatoms. The molecule has 0 unspecified atom stereocenters. The van der Waals surface area contributed by atoms with Crippen LogP contribution in [-0.4, -0.2) is 24.0 Å². The van der Waals surface area contributed by atoms with Crippen LogP contribution in [0.3, 0.4) is 0 Å². The van der Waals surface area contributed by atoms with Crippen molar-refractivity contribution in [3.63, 3.8) is 0 Å². The van der Waals surface area contributed by atoms with E-state index < -0.39 is 0 Å². The predicted octanol–water partition coefficient (Wildman–Crippen LogP) is 4.49. The number of urea groups is 1. The first-order valence-electron chi connectivity index (χ1n) is 8.71. The highest BCUT2D eigenvalue weighted by Crippen LogP contribution is 2.16. The first kappa shape index (κ1) is 16.5. The van der Waals surface area contributed by atoms with Gasteiger partial charge in [0.05, 0.1) is 0 Å². The van der Waals surface area contributed by atoms with E-state index in [2.05, 4.69) is 34.6 Å². The molecule has 2 aromatic carbocycles. The van der Waals surface area contributed by atoms with Crippen molar-refractivity contribution in [2.45, 2.75) is 32.7 Å². The second kappa shape index (κ2) is 7.97. The quantitative estimate of drug-likeness (QED) is 0.851. The Labute approximate surface area is 143 Å². The van der Waals surface area contributed by atoms with E-state index in [1.807, 2.05) is 36.4 Å². The lowest BCUT2D eigenvalue weighted by Gasteiger charge is -2.15. The predicted molar refractivity (Wildman–Crippen MR) is 99.4 cm³/mol. The van der Waals surface area contributed by atoms with Crippen LogP contribution in [0, 0.1) is 0 Å². The Balaban J connectivity index is 1.51. The van der Waals surface area contributed by atoms with E-state index in [0.29, 0.717) is 0 Å². The summed E-state index contributed by atoms with van der Waals surface area (Å²) in [6, 6.07) is 15.8. The van der Waals surface area contributed by atoms with Gasteiger partial charge in [0.2, 0.25) is 0 Å². The molecular formula is C20H25N3O. The van der Waals surface area contributed by atoms with E-state index in [9.17, 15) is 4.79 Å². The van der Waals surface area contributed by atoms with Crippen LogP contribution in [0.2, 0.25) is 0 Å². The third kappa shape index (κ3) is 4.59. The van der Waals surface area contributed by atoms with Gasteiger partial charge in [0, 0.05) is 17.9 Å². The summed E-state index contributed by atoms with van der Waals surface area (Å²) in [7, 11) is 0. The number of carbonyl (C=O) groups excluding carboxylic acids is 1. The van der Waals surface area contributed by atoms with Crippen molar-refractivity contribution in [2.75, 3.05) is 23.7 Å². The molecule has 2 amide bonds. The average molecular weight is 323 g/mol. The fourth-order valence-corrected chi connectivity index (χ4v) is 3.01. The van der Waals surface area contributed by atoms with Crippen molar-refractivity contribution in [3.8, 4) is 0 Å². The summed E-state index contributed by atoms with van der Waals surface area (Å²) in [6.45, 7) is 5.50. The molecular weight excluding hydrogens is 298 g/mol. The third-order valence-electron chi connectivity index (χ3n) is 4.44. The number of hydrogen-bond acceptors (Lipinski definition) is 2. The van der Waals surface area contributed by atoms with Gasteiger partial charge in [-0.15, -0.1) is 0 Å². The molecule has 126 valence electrons. The lowest BCUT2D eigenvalue weighted by Crippen LogP contribution is -2.20. The number of nitrogens with one attached hydrogen (secondary N) is 2. The van der Waals surface area contributed by atoms with Crippen LogP contribution >= 0.6 is 0 Å². The van der Waals surface area contributed by atoms with E-state index in [0.717, 1.165) is 24.3 Å². The molecule has 0 bridgehead atoms. The third-order valence-corrected chi connectivity index (χ3v) is 4.44. The maximum Gasteiger partial charge on any atom is 0.323 e. The number of benzene rings is 2. The van der Waals surface area contributed by atoms with Crippen molar-refractivity contribution in [2.24, 2.45) is 0 Å². The van der Waals surface area contributed by atoms with Crippen LogP contribution in [0.1, 0.15) is 30.9 Å². The maximum absolute atomic E-state index is 12.1. The molecule has 24 heavy (non-hydrogen) atoms. The number of carbonyl (C=O) groups is 1. The Morgan fingerprint density at radius 3 is 1.88 bits per heavy atom. The highest BCUT2D eigenvalue weighted by Gasteiger charge is 2.11. The van der Waals surface area contributed by atoms with Crippen LogP contribution < -0.4 is 10.6 Å². The number of likely N-dealkylation sites (tertiary alicyclic amines) is 1. The molecule has 0 radical (unpaired) electrons. The fraction of sp³-hybridized carbons (Fsp3) is 0.350. The molecule has 0 saturated carbocycles. The van der Waals surface area contributed by atoms with Gasteiger partial charge in [-0.2, -0.15) is 0 Å². The molecule has 1 aliphatic rings. The number of amides is 2. The van der Waals surface area contributed by atoms with Gasteiger partial charge in [0.1, 0.15) is 0 Å². The summed E-state index contributed by atoms with van der Waals surface area (Å²) >= 11 is 0. The Morgan fingerprint density at radius 1 is 0.875 bits per heavy atom. The Hall–Kier alpha value is -2.33. The van der Waals surface area contributed by atoms with E-state index in [4.69, 9.17) is 0 Å².